The first kappa shape index (κ1) is 16.0. The summed E-state index contributed by atoms with van der Waals surface area (Å²) in [6.07, 6.45) is -0.232. The molecule has 2 rings (SSSR count). The topological polar surface area (TPSA) is 88.5 Å². The lowest BCUT2D eigenvalue weighted by molar-refractivity contribution is -0.160. The predicted molar refractivity (Wildman–Crippen MR) is 72.1 cm³/mol. The molecule has 0 radical (unpaired) electrons. The fourth-order valence-corrected chi connectivity index (χ4v) is 2.78. The van der Waals surface area contributed by atoms with Crippen LogP contribution in [-0.4, -0.2) is 91.7 Å². The molecule has 8 nitrogen and oxygen atoms in total. The molecule has 2 saturated heterocycles. The van der Waals surface area contributed by atoms with Gasteiger partial charge in [0.05, 0.1) is 26.2 Å². The lowest BCUT2D eigenvalue weighted by atomic mass is 9.97. The lowest BCUT2D eigenvalue weighted by Gasteiger charge is -2.48. The van der Waals surface area contributed by atoms with Gasteiger partial charge in [0.1, 0.15) is 24.4 Å². The van der Waals surface area contributed by atoms with Crippen LogP contribution in [0.3, 0.4) is 0 Å². The van der Waals surface area contributed by atoms with Crippen LogP contribution in [0.15, 0.2) is 0 Å². The monoisotopic (exact) mass is 302 g/mol. The van der Waals surface area contributed by atoms with Crippen molar-refractivity contribution in [2.45, 2.75) is 24.7 Å². The van der Waals surface area contributed by atoms with Gasteiger partial charge in [-0.1, -0.05) is 0 Å². The average molecular weight is 302 g/mol. The second-order valence-electron chi connectivity index (χ2n) is 5.72. The van der Waals surface area contributed by atoms with Crippen LogP contribution in [-0.2, 0) is 19.0 Å². The van der Waals surface area contributed by atoms with Crippen LogP contribution in [0.2, 0.25) is 0 Å². The number of hydrogen-bond acceptors (Lipinski definition) is 5. The molecular formula is C13H22N2O6. The summed E-state index contributed by atoms with van der Waals surface area (Å²) in [7, 11) is 3.20. The van der Waals surface area contributed by atoms with Gasteiger partial charge in [-0.25, -0.2) is 9.59 Å². The van der Waals surface area contributed by atoms with Crippen LogP contribution in [0.1, 0.15) is 6.92 Å². The first-order valence-electron chi connectivity index (χ1n) is 6.84. The van der Waals surface area contributed by atoms with E-state index in [0.29, 0.717) is 26.2 Å². The van der Waals surface area contributed by atoms with Crippen molar-refractivity contribution in [3.05, 3.63) is 0 Å². The first-order chi connectivity index (χ1) is 9.88. The number of amides is 2. The highest BCUT2D eigenvalue weighted by molar-refractivity contribution is 5.76. The van der Waals surface area contributed by atoms with Crippen LogP contribution >= 0.6 is 0 Å². The minimum absolute atomic E-state index is 0.0898. The van der Waals surface area contributed by atoms with Gasteiger partial charge in [-0.15, -0.1) is 0 Å². The van der Waals surface area contributed by atoms with Gasteiger partial charge in [0.15, 0.2) is 0 Å². The van der Waals surface area contributed by atoms with Gasteiger partial charge < -0.3 is 29.1 Å². The Labute approximate surface area is 123 Å². The molecule has 0 spiro atoms. The van der Waals surface area contributed by atoms with Crippen LogP contribution in [0.25, 0.3) is 0 Å². The highest BCUT2D eigenvalue weighted by Gasteiger charge is 2.46. The molecule has 2 atom stereocenters. The van der Waals surface area contributed by atoms with Crippen LogP contribution in [0.4, 0.5) is 4.79 Å². The Balaban J connectivity index is 1.82. The summed E-state index contributed by atoms with van der Waals surface area (Å²) in [5, 5.41) is 8.62. The Morgan fingerprint density at radius 3 is 2.10 bits per heavy atom. The minimum atomic E-state index is -1.01. The molecule has 2 heterocycles. The molecule has 120 valence electrons. The Bertz CT molecular complexity index is 397. The number of rotatable bonds is 5. The summed E-state index contributed by atoms with van der Waals surface area (Å²) in [5.74, 6) is -1.01. The fourth-order valence-electron chi connectivity index (χ4n) is 2.78. The first-order valence-corrected chi connectivity index (χ1v) is 6.84. The third-order valence-electron chi connectivity index (χ3n) is 3.96. The van der Waals surface area contributed by atoms with E-state index >= 15 is 0 Å². The van der Waals surface area contributed by atoms with E-state index in [-0.39, 0.29) is 24.8 Å². The van der Waals surface area contributed by atoms with E-state index in [4.69, 9.17) is 19.3 Å². The molecule has 0 saturated carbocycles. The number of hydrogen-bond donors (Lipinski definition) is 1. The predicted octanol–water partition coefficient (Wildman–Crippen LogP) is -0.372. The number of carbonyl (C=O) groups is 2. The smallest absolute Gasteiger partial charge is 0.329 e. The number of ether oxygens (including phenoxy) is 3. The molecule has 0 bridgehead atoms. The van der Waals surface area contributed by atoms with Crippen molar-refractivity contribution in [3.8, 4) is 0 Å². The Kier molecular flexibility index (Phi) is 4.70. The SMILES string of the molecule is COC1CN(C(=O)N2CC(C)(OCC(=O)O)C2)CC1OC. The second-order valence-corrected chi connectivity index (χ2v) is 5.72. The zero-order valence-electron chi connectivity index (χ0n) is 12.6. The minimum Gasteiger partial charge on any atom is -0.480 e. The van der Waals surface area contributed by atoms with Crippen LogP contribution in [0.5, 0.6) is 0 Å². The summed E-state index contributed by atoms with van der Waals surface area (Å²) >= 11 is 0. The van der Waals surface area contributed by atoms with E-state index in [1.165, 1.54) is 0 Å². The maximum Gasteiger partial charge on any atom is 0.329 e. The Hall–Kier alpha value is -1.38. The lowest BCUT2D eigenvalue weighted by Crippen LogP contribution is -2.65. The number of carboxylic acids is 1. The molecule has 2 fully saturated rings. The summed E-state index contributed by atoms with van der Waals surface area (Å²) in [6.45, 7) is 3.24. The van der Waals surface area contributed by atoms with Crippen molar-refractivity contribution in [2.75, 3.05) is 47.0 Å². The van der Waals surface area contributed by atoms with Crippen molar-refractivity contribution < 1.29 is 28.9 Å². The summed E-state index contributed by atoms with van der Waals surface area (Å²) in [4.78, 5) is 26.2. The maximum absolute atomic E-state index is 12.3. The van der Waals surface area contributed by atoms with Gasteiger partial charge in [0, 0.05) is 14.2 Å². The third-order valence-corrected chi connectivity index (χ3v) is 3.96. The average Bonchev–Trinajstić information content (AvgIpc) is 2.84. The van der Waals surface area contributed by atoms with Gasteiger partial charge in [0.2, 0.25) is 0 Å². The van der Waals surface area contributed by atoms with E-state index in [1.54, 1.807) is 30.9 Å². The van der Waals surface area contributed by atoms with Crippen molar-refractivity contribution in [1.29, 1.82) is 0 Å². The number of nitrogens with zero attached hydrogens (tertiary/aromatic N) is 2. The number of methoxy groups -OCH3 is 2. The summed E-state index contributed by atoms with van der Waals surface area (Å²) in [5.41, 5.74) is -0.574. The number of carbonyl (C=O) groups excluding carboxylic acids is 1. The molecule has 2 aliphatic rings. The number of urea groups is 1. The molecule has 0 aliphatic carbocycles. The summed E-state index contributed by atoms with van der Waals surface area (Å²) in [6, 6.07) is -0.0898. The van der Waals surface area contributed by atoms with Crippen molar-refractivity contribution in [1.82, 2.24) is 9.80 Å². The highest BCUT2D eigenvalue weighted by Crippen LogP contribution is 2.27. The maximum atomic E-state index is 12.3. The summed E-state index contributed by atoms with van der Waals surface area (Å²) < 4.78 is 15.9. The highest BCUT2D eigenvalue weighted by atomic mass is 16.5. The third kappa shape index (κ3) is 3.45. The van der Waals surface area contributed by atoms with Crippen molar-refractivity contribution >= 4 is 12.0 Å². The van der Waals surface area contributed by atoms with Gasteiger partial charge in [-0.2, -0.15) is 0 Å². The molecule has 2 aliphatic heterocycles. The van der Waals surface area contributed by atoms with Crippen LogP contribution in [0, 0.1) is 0 Å². The van der Waals surface area contributed by atoms with Gasteiger partial charge >= 0.3 is 12.0 Å². The second kappa shape index (κ2) is 6.17. The fraction of sp³-hybridized carbons (Fsp3) is 0.846. The Morgan fingerprint density at radius 2 is 1.67 bits per heavy atom. The van der Waals surface area contributed by atoms with E-state index in [0.717, 1.165) is 0 Å². The molecule has 1 N–H and O–H groups in total. The number of likely N-dealkylation sites (tertiary alicyclic amines) is 2. The molecule has 21 heavy (non-hydrogen) atoms. The van der Waals surface area contributed by atoms with Crippen molar-refractivity contribution in [3.63, 3.8) is 0 Å². The van der Waals surface area contributed by atoms with Gasteiger partial charge in [0.25, 0.3) is 0 Å². The van der Waals surface area contributed by atoms with Crippen LogP contribution < -0.4 is 0 Å². The molecular weight excluding hydrogens is 280 g/mol. The van der Waals surface area contributed by atoms with E-state index in [9.17, 15) is 9.59 Å². The largest absolute Gasteiger partial charge is 0.480 e. The molecule has 0 aromatic carbocycles. The van der Waals surface area contributed by atoms with E-state index < -0.39 is 11.6 Å². The molecule has 8 heteroatoms. The molecule has 2 amide bonds. The molecule has 2 unspecified atom stereocenters. The molecule has 0 aromatic rings. The zero-order valence-corrected chi connectivity index (χ0v) is 12.6. The molecule has 0 aromatic heterocycles. The quantitative estimate of drug-likeness (QED) is 0.745. The van der Waals surface area contributed by atoms with E-state index in [1.807, 2.05) is 0 Å². The Morgan fingerprint density at radius 1 is 1.14 bits per heavy atom. The zero-order chi connectivity index (χ0) is 15.6. The number of carboxylic acid groups (broad SMARTS) is 1. The van der Waals surface area contributed by atoms with Gasteiger partial charge in [-0.3, -0.25) is 0 Å². The standard InChI is InChI=1S/C13H22N2O6/c1-13(21-6-11(16)17)7-15(8-13)12(18)14-4-9(19-2)10(5-14)20-3/h9-10H,4-8H2,1-3H3,(H,16,17). The normalized spacial score (nSPS) is 27.6. The van der Waals surface area contributed by atoms with Gasteiger partial charge in [-0.05, 0) is 6.92 Å². The van der Waals surface area contributed by atoms with E-state index in [2.05, 4.69) is 0 Å². The number of aliphatic carboxylic acids is 1. The van der Waals surface area contributed by atoms with Crippen molar-refractivity contribution in [2.24, 2.45) is 0 Å².